The number of carbonyl (C=O) groups is 1. The minimum absolute atomic E-state index is 0.0263. The molecule has 0 saturated heterocycles. The Morgan fingerprint density at radius 1 is 1.28 bits per heavy atom. The predicted molar refractivity (Wildman–Crippen MR) is 97.7 cm³/mol. The smallest absolute Gasteiger partial charge is 0.230 e. The van der Waals surface area contributed by atoms with Crippen LogP contribution >= 0.6 is 0 Å². The van der Waals surface area contributed by atoms with Crippen molar-refractivity contribution in [2.24, 2.45) is 0 Å². The lowest BCUT2D eigenvalue weighted by Crippen LogP contribution is -2.45. The van der Waals surface area contributed by atoms with Gasteiger partial charge in [-0.05, 0) is 55.0 Å². The number of benzene rings is 2. The topological polar surface area (TPSA) is 58.6 Å². The molecule has 0 radical (unpaired) electrons. The highest BCUT2D eigenvalue weighted by atomic mass is 16.5. The highest BCUT2D eigenvalue weighted by molar-refractivity contribution is 5.88. The number of ether oxygens (including phenoxy) is 1. The van der Waals surface area contributed by atoms with Gasteiger partial charge in [-0.2, -0.15) is 0 Å². The van der Waals surface area contributed by atoms with Crippen molar-refractivity contribution in [3.8, 4) is 5.75 Å². The second kappa shape index (κ2) is 7.28. The standard InChI is InChI=1S/C21H25NO3/c1-21(12-6-9-15-7-3-4-11-18(15)21)20(24)22-14-19(23)16-8-5-10-17(13-16)25-2/h3-5,7-8,10-11,13,19,23H,6,9,12,14H2,1-2H3,(H,22,24). The van der Waals surface area contributed by atoms with E-state index >= 15 is 0 Å². The molecule has 0 heterocycles. The van der Waals surface area contributed by atoms with Crippen LogP contribution in [-0.2, 0) is 16.6 Å². The Morgan fingerprint density at radius 3 is 2.88 bits per heavy atom. The number of hydrogen-bond donors (Lipinski definition) is 2. The van der Waals surface area contributed by atoms with Gasteiger partial charge in [0.25, 0.3) is 0 Å². The fourth-order valence-corrected chi connectivity index (χ4v) is 3.63. The van der Waals surface area contributed by atoms with E-state index in [4.69, 9.17) is 4.74 Å². The second-order valence-corrected chi connectivity index (χ2v) is 6.85. The van der Waals surface area contributed by atoms with Gasteiger partial charge in [0.1, 0.15) is 5.75 Å². The molecule has 1 amide bonds. The number of aliphatic hydroxyl groups is 1. The van der Waals surface area contributed by atoms with Gasteiger partial charge < -0.3 is 15.2 Å². The van der Waals surface area contributed by atoms with Crippen LogP contribution in [0, 0.1) is 0 Å². The number of fused-ring (bicyclic) bond motifs is 1. The monoisotopic (exact) mass is 339 g/mol. The summed E-state index contributed by atoms with van der Waals surface area (Å²) in [5.41, 5.74) is 2.55. The molecule has 2 aromatic carbocycles. The Morgan fingerprint density at radius 2 is 2.08 bits per heavy atom. The summed E-state index contributed by atoms with van der Waals surface area (Å²) in [7, 11) is 1.59. The Balaban J connectivity index is 1.70. The van der Waals surface area contributed by atoms with Gasteiger partial charge in [0.2, 0.25) is 5.91 Å². The van der Waals surface area contributed by atoms with Gasteiger partial charge in [0.05, 0.1) is 18.6 Å². The van der Waals surface area contributed by atoms with E-state index in [0.717, 1.165) is 30.4 Å². The van der Waals surface area contributed by atoms with Crippen molar-refractivity contribution in [1.82, 2.24) is 5.32 Å². The number of nitrogens with one attached hydrogen (secondary N) is 1. The zero-order valence-corrected chi connectivity index (χ0v) is 14.8. The van der Waals surface area contributed by atoms with E-state index in [-0.39, 0.29) is 12.5 Å². The van der Waals surface area contributed by atoms with E-state index in [1.165, 1.54) is 5.56 Å². The number of hydrogen-bond acceptors (Lipinski definition) is 3. The normalized spacial score (nSPS) is 20.4. The van der Waals surface area contributed by atoms with E-state index in [1.807, 2.05) is 43.3 Å². The molecule has 0 aliphatic heterocycles. The van der Waals surface area contributed by atoms with Crippen LogP contribution in [0.1, 0.15) is 42.6 Å². The summed E-state index contributed by atoms with van der Waals surface area (Å²) in [6, 6.07) is 15.4. The zero-order chi connectivity index (χ0) is 17.9. The first-order valence-corrected chi connectivity index (χ1v) is 8.73. The SMILES string of the molecule is COc1cccc(C(O)CNC(=O)C2(C)CCCc3ccccc32)c1. The first kappa shape index (κ1) is 17.5. The van der Waals surface area contributed by atoms with Gasteiger partial charge >= 0.3 is 0 Å². The molecule has 3 rings (SSSR count). The summed E-state index contributed by atoms with van der Waals surface area (Å²) in [5.74, 6) is 0.664. The molecule has 0 aromatic heterocycles. The Hall–Kier alpha value is -2.33. The van der Waals surface area contributed by atoms with Gasteiger partial charge in [-0.3, -0.25) is 4.79 Å². The van der Waals surface area contributed by atoms with Gasteiger partial charge in [-0.25, -0.2) is 0 Å². The summed E-state index contributed by atoms with van der Waals surface area (Å²) >= 11 is 0. The predicted octanol–water partition coefficient (Wildman–Crippen LogP) is 3.14. The van der Waals surface area contributed by atoms with Crippen LogP contribution in [0.15, 0.2) is 48.5 Å². The molecular weight excluding hydrogens is 314 g/mol. The van der Waals surface area contributed by atoms with Crippen LogP contribution in [0.25, 0.3) is 0 Å². The third-order valence-corrected chi connectivity index (χ3v) is 5.17. The Bertz CT molecular complexity index is 758. The maximum Gasteiger partial charge on any atom is 0.230 e. The zero-order valence-electron chi connectivity index (χ0n) is 14.8. The number of aryl methyl sites for hydroxylation is 1. The van der Waals surface area contributed by atoms with Crippen molar-refractivity contribution in [3.63, 3.8) is 0 Å². The van der Waals surface area contributed by atoms with E-state index in [2.05, 4.69) is 11.4 Å². The van der Waals surface area contributed by atoms with E-state index in [0.29, 0.717) is 5.75 Å². The summed E-state index contributed by atoms with van der Waals surface area (Å²) in [5, 5.41) is 13.3. The van der Waals surface area contributed by atoms with Gasteiger partial charge in [0.15, 0.2) is 0 Å². The summed E-state index contributed by atoms with van der Waals surface area (Å²) in [4.78, 5) is 12.9. The van der Waals surface area contributed by atoms with Crippen molar-refractivity contribution < 1.29 is 14.6 Å². The molecule has 0 spiro atoms. The molecule has 2 N–H and O–H groups in total. The molecule has 132 valence electrons. The lowest BCUT2D eigenvalue weighted by Gasteiger charge is -2.35. The number of amides is 1. The fourth-order valence-electron chi connectivity index (χ4n) is 3.63. The average molecular weight is 339 g/mol. The maximum absolute atomic E-state index is 12.9. The third-order valence-electron chi connectivity index (χ3n) is 5.17. The lowest BCUT2D eigenvalue weighted by atomic mass is 9.70. The molecule has 2 atom stereocenters. The van der Waals surface area contributed by atoms with Crippen LogP contribution in [0.2, 0.25) is 0 Å². The Kier molecular flexibility index (Phi) is 5.09. The molecule has 0 fully saturated rings. The Labute approximate surface area is 148 Å². The molecule has 2 unspecified atom stereocenters. The highest BCUT2D eigenvalue weighted by Gasteiger charge is 2.38. The van der Waals surface area contributed by atoms with Crippen molar-refractivity contribution in [2.75, 3.05) is 13.7 Å². The van der Waals surface area contributed by atoms with Crippen molar-refractivity contribution >= 4 is 5.91 Å². The minimum atomic E-state index is -0.763. The first-order chi connectivity index (χ1) is 12.0. The van der Waals surface area contributed by atoms with Crippen LogP contribution in [0.3, 0.4) is 0 Å². The first-order valence-electron chi connectivity index (χ1n) is 8.73. The largest absolute Gasteiger partial charge is 0.497 e. The fraction of sp³-hybridized carbons (Fsp3) is 0.381. The van der Waals surface area contributed by atoms with Crippen LogP contribution in [0.4, 0.5) is 0 Å². The third kappa shape index (κ3) is 3.54. The minimum Gasteiger partial charge on any atom is -0.497 e. The molecule has 4 heteroatoms. The number of rotatable bonds is 5. The van der Waals surface area contributed by atoms with E-state index in [1.54, 1.807) is 13.2 Å². The molecule has 0 bridgehead atoms. The van der Waals surface area contributed by atoms with Crippen LogP contribution in [-0.4, -0.2) is 24.7 Å². The molecule has 2 aromatic rings. The highest BCUT2D eigenvalue weighted by Crippen LogP contribution is 2.37. The molecular formula is C21H25NO3. The van der Waals surface area contributed by atoms with Gasteiger partial charge in [-0.15, -0.1) is 0 Å². The van der Waals surface area contributed by atoms with Crippen LogP contribution in [0.5, 0.6) is 5.75 Å². The lowest BCUT2D eigenvalue weighted by molar-refractivity contribution is -0.127. The number of aliphatic hydroxyl groups excluding tert-OH is 1. The molecule has 0 saturated carbocycles. The second-order valence-electron chi connectivity index (χ2n) is 6.85. The maximum atomic E-state index is 12.9. The summed E-state index contributed by atoms with van der Waals surface area (Å²) < 4.78 is 5.18. The molecule has 4 nitrogen and oxygen atoms in total. The summed E-state index contributed by atoms with van der Waals surface area (Å²) in [6.07, 6.45) is 2.08. The van der Waals surface area contributed by atoms with Crippen molar-refractivity contribution in [2.45, 2.75) is 37.7 Å². The molecule has 25 heavy (non-hydrogen) atoms. The number of methoxy groups -OCH3 is 1. The number of carbonyl (C=O) groups excluding carboxylic acids is 1. The van der Waals surface area contributed by atoms with E-state index < -0.39 is 11.5 Å². The van der Waals surface area contributed by atoms with Crippen molar-refractivity contribution in [3.05, 3.63) is 65.2 Å². The average Bonchev–Trinajstić information content (AvgIpc) is 2.66. The van der Waals surface area contributed by atoms with E-state index in [9.17, 15) is 9.90 Å². The molecule has 1 aliphatic carbocycles. The quantitative estimate of drug-likeness (QED) is 0.880. The van der Waals surface area contributed by atoms with Gasteiger partial charge in [-0.1, -0.05) is 36.4 Å². The summed E-state index contributed by atoms with van der Waals surface area (Å²) in [6.45, 7) is 2.18. The van der Waals surface area contributed by atoms with Crippen LogP contribution < -0.4 is 10.1 Å². The van der Waals surface area contributed by atoms with Crippen molar-refractivity contribution in [1.29, 1.82) is 0 Å². The van der Waals surface area contributed by atoms with Gasteiger partial charge in [0, 0.05) is 6.54 Å². The molecule has 1 aliphatic rings.